The minimum Gasteiger partial charge on any atom is -0.394 e. The fourth-order valence-corrected chi connectivity index (χ4v) is 1.98. The van der Waals surface area contributed by atoms with Gasteiger partial charge in [0.05, 0.1) is 27.2 Å². The lowest BCUT2D eigenvalue weighted by atomic mass is 10.3. The third kappa shape index (κ3) is 2.02. The normalized spacial score (nSPS) is 10.9. The van der Waals surface area contributed by atoms with Gasteiger partial charge in [0.1, 0.15) is 0 Å². The van der Waals surface area contributed by atoms with E-state index in [2.05, 4.69) is 31.0 Å². The summed E-state index contributed by atoms with van der Waals surface area (Å²) in [7, 11) is 0. The fourth-order valence-electron chi connectivity index (χ4n) is 1.52. The van der Waals surface area contributed by atoms with Gasteiger partial charge in [-0.25, -0.2) is 9.67 Å². The summed E-state index contributed by atoms with van der Waals surface area (Å²) < 4.78 is 2.60. The second kappa shape index (κ2) is 4.27. The van der Waals surface area contributed by atoms with Crippen molar-refractivity contribution in [1.82, 2.24) is 19.7 Å². The fraction of sp³-hybridized carbons (Fsp3) is 0.300. The predicted molar refractivity (Wildman–Crippen MR) is 70.5 cm³/mol. The van der Waals surface area contributed by atoms with Crippen molar-refractivity contribution in [2.75, 3.05) is 5.73 Å². The molecule has 0 aliphatic heterocycles. The van der Waals surface area contributed by atoms with Crippen LogP contribution in [0.3, 0.4) is 0 Å². The second-order valence-corrected chi connectivity index (χ2v) is 4.84. The molecule has 2 heterocycles. The van der Waals surface area contributed by atoms with E-state index in [9.17, 15) is 0 Å². The highest BCUT2D eigenvalue weighted by Gasteiger charge is 2.16. The predicted octanol–water partition coefficient (Wildman–Crippen LogP) is 2.59. The van der Waals surface area contributed by atoms with Gasteiger partial charge in [-0.15, -0.1) is 0 Å². The number of nitrogens with zero attached hydrogens (tertiary/aromatic N) is 4. The molecule has 0 saturated heterocycles. The van der Waals surface area contributed by atoms with E-state index in [-0.39, 0.29) is 5.28 Å². The summed E-state index contributed by atoms with van der Waals surface area (Å²) in [4.78, 5) is 8.12. The Kier molecular flexibility index (Phi) is 3.09. The Morgan fingerprint density at radius 1 is 1.18 bits per heavy atom. The molecule has 0 aliphatic carbocycles. The lowest BCUT2D eigenvalue weighted by Gasteiger charge is -2.08. The van der Waals surface area contributed by atoms with Crippen molar-refractivity contribution in [2.45, 2.75) is 20.8 Å². The molecule has 0 bridgehead atoms. The number of halogens is 2. The minimum absolute atomic E-state index is 0.162. The van der Waals surface area contributed by atoms with Crippen LogP contribution in [0.2, 0.25) is 5.28 Å². The Hall–Kier alpha value is -1.14. The third-order valence-electron chi connectivity index (χ3n) is 2.49. The maximum atomic E-state index is 5.95. The lowest BCUT2D eigenvalue weighted by Crippen LogP contribution is -2.09. The Bertz CT molecular complexity index is 593. The van der Waals surface area contributed by atoms with Gasteiger partial charge in [-0.1, -0.05) is 0 Å². The van der Waals surface area contributed by atoms with Crippen LogP contribution in [0.1, 0.15) is 17.1 Å². The molecule has 0 amide bonds. The van der Waals surface area contributed by atoms with Gasteiger partial charge < -0.3 is 5.73 Å². The number of hydrogen-bond donors (Lipinski definition) is 1. The van der Waals surface area contributed by atoms with Crippen LogP contribution in [0.5, 0.6) is 0 Å². The first-order valence-corrected chi connectivity index (χ1v) is 6.10. The van der Waals surface area contributed by atoms with E-state index in [4.69, 9.17) is 17.3 Å². The number of nitrogen functional groups attached to an aromatic ring is 1. The summed E-state index contributed by atoms with van der Waals surface area (Å²) in [5.74, 6) is 0.508. The molecule has 2 N–H and O–H groups in total. The molecule has 0 saturated carbocycles. The van der Waals surface area contributed by atoms with Crippen LogP contribution in [0.4, 0.5) is 5.69 Å². The molecule has 2 aromatic heterocycles. The topological polar surface area (TPSA) is 69.6 Å². The van der Waals surface area contributed by atoms with Crippen molar-refractivity contribution < 1.29 is 0 Å². The number of nitrogens with two attached hydrogens (primary N) is 1. The maximum Gasteiger partial charge on any atom is 0.224 e. The Labute approximate surface area is 112 Å². The van der Waals surface area contributed by atoms with Crippen molar-refractivity contribution in [2.24, 2.45) is 0 Å². The summed E-state index contributed by atoms with van der Waals surface area (Å²) in [5, 5.41) is 4.53. The molecule has 2 rings (SSSR count). The van der Waals surface area contributed by atoms with Gasteiger partial charge in [0.2, 0.25) is 5.28 Å². The Morgan fingerprint density at radius 3 is 2.35 bits per heavy atom. The molecule has 0 atom stereocenters. The molecule has 0 unspecified atom stereocenters. The molecule has 2 aromatic rings. The van der Waals surface area contributed by atoms with Gasteiger partial charge >= 0.3 is 0 Å². The van der Waals surface area contributed by atoms with Gasteiger partial charge in [0.15, 0.2) is 5.82 Å². The molecule has 0 radical (unpaired) electrons. The molecule has 7 heteroatoms. The van der Waals surface area contributed by atoms with Crippen molar-refractivity contribution in [3.05, 3.63) is 26.8 Å². The summed E-state index contributed by atoms with van der Waals surface area (Å²) in [5.41, 5.74) is 8.86. The van der Waals surface area contributed by atoms with Crippen LogP contribution < -0.4 is 5.73 Å². The Morgan fingerprint density at radius 2 is 1.82 bits per heavy atom. The molecular weight excluding hydrogens is 306 g/mol. The molecule has 5 nitrogen and oxygen atoms in total. The molecule has 0 fully saturated rings. The summed E-state index contributed by atoms with van der Waals surface area (Å²) in [6, 6.07) is 0. The number of hydrogen-bond acceptors (Lipinski definition) is 4. The van der Waals surface area contributed by atoms with E-state index in [1.807, 2.05) is 13.8 Å². The van der Waals surface area contributed by atoms with Crippen LogP contribution in [-0.2, 0) is 0 Å². The van der Waals surface area contributed by atoms with E-state index in [0.29, 0.717) is 17.2 Å². The first-order chi connectivity index (χ1) is 7.91. The quantitative estimate of drug-likeness (QED) is 0.821. The molecule has 90 valence electrons. The smallest absolute Gasteiger partial charge is 0.224 e. The van der Waals surface area contributed by atoms with Crippen LogP contribution in [0.15, 0.2) is 4.47 Å². The highest BCUT2D eigenvalue weighted by atomic mass is 79.9. The van der Waals surface area contributed by atoms with Crippen molar-refractivity contribution in [1.29, 1.82) is 0 Å². The van der Waals surface area contributed by atoms with Crippen LogP contribution in [-0.4, -0.2) is 19.7 Å². The standard InChI is InChI=1S/C10H11BrClN5/c1-4-7(11)6(3)17(16-4)9-8(13)5(2)14-10(12)15-9/h13H2,1-3H3. The lowest BCUT2D eigenvalue weighted by molar-refractivity contribution is 0.801. The van der Waals surface area contributed by atoms with E-state index >= 15 is 0 Å². The van der Waals surface area contributed by atoms with Crippen LogP contribution in [0, 0.1) is 20.8 Å². The van der Waals surface area contributed by atoms with Gasteiger partial charge in [-0.05, 0) is 48.3 Å². The second-order valence-electron chi connectivity index (χ2n) is 3.71. The molecule has 0 spiro atoms. The first kappa shape index (κ1) is 12.3. The molecule has 17 heavy (non-hydrogen) atoms. The number of anilines is 1. The average Bonchev–Trinajstić information content (AvgIpc) is 2.51. The molecular formula is C10H11BrClN5. The van der Waals surface area contributed by atoms with Crippen molar-refractivity contribution >= 4 is 33.2 Å². The Balaban J connectivity index is 2.72. The van der Waals surface area contributed by atoms with Crippen molar-refractivity contribution in [3.8, 4) is 5.82 Å². The highest BCUT2D eigenvalue weighted by Crippen LogP contribution is 2.26. The summed E-state index contributed by atoms with van der Waals surface area (Å²) in [6.07, 6.45) is 0. The zero-order valence-corrected chi connectivity index (χ0v) is 12.0. The third-order valence-corrected chi connectivity index (χ3v) is 3.81. The molecule has 0 aromatic carbocycles. The van der Waals surface area contributed by atoms with Gasteiger partial charge in [-0.2, -0.15) is 10.1 Å². The SMILES string of the molecule is Cc1nc(Cl)nc(-n2nc(C)c(Br)c2C)c1N. The summed E-state index contributed by atoms with van der Waals surface area (Å²) in [6.45, 7) is 5.61. The maximum absolute atomic E-state index is 5.95. The first-order valence-electron chi connectivity index (χ1n) is 4.93. The average molecular weight is 317 g/mol. The van der Waals surface area contributed by atoms with Gasteiger partial charge in [0.25, 0.3) is 0 Å². The van der Waals surface area contributed by atoms with Crippen molar-refractivity contribution in [3.63, 3.8) is 0 Å². The van der Waals surface area contributed by atoms with Crippen LogP contribution in [0.25, 0.3) is 5.82 Å². The zero-order valence-electron chi connectivity index (χ0n) is 9.62. The van der Waals surface area contributed by atoms with E-state index in [1.165, 1.54) is 0 Å². The van der Waals surface area contributed by atoms with Crippen LogP contribution >= 0.6 is 27.5 Å². The highest BCUT2D eigenvalue weighted by molar-refractivity contribution is 9.10. The monoisotopic (exact) mass is 315 g/mol. The summed E-state index contributed by atoms with van der Waals surface area (Å²) >= 11 is 9.30. The number of rotatable bonds is 1. The van der Waals surface area contributed by atoms with E-state index in [0.717, 1.165) is 15.9 Å². The zero-order chi connectivity index (χ0) is 12.7. The minimum atomic E-state index is 0.162. The largest absolute Gasteiger partial charge is 0.394 e. The number of aryl methyl sites for hydroxylation is 2. The number of aromatic nitrogens is 4. The van der Waals surface area contributed by atoms with E-state index < -0.39 is 0 Å². The van der Waals surface area contributed by atoms with Gasteiger partial charge in [0, 0.05) is 0 Å². The van der Waals surface area contributed by atoms with E-state index in [1.54, 1.807) is 11.6 Å². The van der Waals surface area contributed by atoms with Gasteiger partial charge in [-0.3, -0.25) is 0 Å². The molecule has 0 aliphatic rings.